The van der Waals surface area contributed by atoms with E-state index in [0.717, 1.165) is 0 Å². The van der Waals surface area contributed by atoms with Gasteiger partial charge in [-0.15, -0.1) is 0 Å². The van der Waals surface area contributed by atoms with E-state index in [1.165, 1.54) is 12.1 Å². The maximum absolute atomic E-state index is 12.4. The first kappa shape index (κ1) is 18.5. The van der Waals surface area contributed by atoms with E-state index in [1.807, 2.05) is 0 Å². The molecule has 0 unspecified atom stereocenters. The Morgan fingerprint density at radius 1 is 1.33 bits per heavy atom. The van der Waals surface area contributed by atoms with E-state index in [2.05, 4.69) is 5.32 Å². The Kier molecular flexibility index (Phi) is 6.06. The molecule has 1 aliphatic heterocycles. The molecule has 5 nitrogen and oxygen atoms in total. The Morgan fingerprint density at radius 3 is 2.67 bits per heavy atom. The van der Waals surface area contributed by atoms with Gasteiger partial charge < -0.3 is 20.5 Å². The molecule has 8 heteroatoms. The van der Waals surface area contributed by atoms with Gasteiger partial charge in [-0.1, -0.05) is 12.1 Å². The van der Waals surface area contributed by atoms with Gasteiger partial charge in [0.25, 0.3) is 0 Å². The molecule has 1 fully saturated rings. The SMILES string of the molecule is NCC1(C(=O)NCc2cccc(OCC(F)(F)F)c2)CCOCC1. The van der Waals surface area contributed by atoms with E-state index in [4.69, 9.17) is 15.2 Å². The van der Waals surface area contributed by atoms with Crippen LogP contribution in [0.3, 0.4) is 0 Å². The second-order valence-corrected chi connectivity index (χ2v) is 5.83. The molecule has 0 aromatic heterocycles. The number of carbonyl (C=O) groups is 1. The van der Waals surface area contributed by atoms with Crippen molar-refractivity contribution in [2.75, 3.05) is 26.4 Å². The molecule has 0 radical (unpaired) electrons. The molecule has 1 amide bonds. The molecule has 0 atom stereocenters. The second-order valence-electron chi connectivity index (χ2n) is 5.83. The monoisotopic (exact) mass is 346 g/mol. The van der Waals surface area contributed by atoms with Crippen LogP contribution in [0.2, 0.25) is 0 Å². The number of rotatable bonds is 6. The Balaban J connectivity index is 1.92. The minimum absolute atomic E-state index is 0.110. The van der Waals surface area contributed by atoms with Crippen molar-refractivity contribution in [1.82, 2.24) is 5.32 Å². The van der Waals surface area contributed by atoms with Gasteiger partial charge in [0.1, 0.15) is 5.75 Å². The molecule has 1 aliphatic rings. The average Bonchev–Trinajstić information content (AvgIpc) is 2.58. The lowest BCUT2D eigenvalue weighted by Gasteiger charge is -2.34. The highest BCUT2D eigenvalue weighted by Gasteiger charge is 2.38. The quantitative estimate of drug-likeness (QED) is 0.826. The lowest BCUT2D eigenvalue weighted by atomic mass is 9.79. The number of hydrogen-bond donors (Lipinski definition) is 2. The number of carbonyl (C=O) groups excluding carboxylic acids is 1. The van der Waals surface area contributed by atoms with Crippen molar-refractivity contribution < 1.29 is 27.4 Å². The maximum atomic E-state index is 12.4. The van der Waals surface area contributed by atoms with Gasteiger partial charge in [-0.05, 0) is 30.5 Å². The maximum Gasteiger partial charge on any atom is 0.422 e. The van der Waals surface area contributed by atoms with Crippen LogP contribution in [0.1, 0.15) is 18.4 Å². The number of benzene rings is 1. The zero-order chi connectivity index (χ0) is 17.6. The molecule has 24 heavy (non-hydrogen) atoms. The summed E-state index contributed by atoms with van der Waals surface area (Å²) in [4.78, 5) is 12.4. The summed E-state index contributed by atoms with van der Waals surface area (Å²) in [6.07, 6.45) is -3.27. The smallest absolute Gasteiger partial charge is 0.422 e. The van der Waals surface area contributed by atoms with Crippen molar-refractivity contribution in [2.24, 2.45) is 11.1 Å². The highest BCUT2D eigenvalue weighted by molar-refractivity contribution is 5.83. The summed E-state index contributed by atoms with van der Waals surface area (Å²) >= 11 is 0. The Hall–Kier alpha value is -1.80. The van der Waals surface area contributed by atoms with Crippen LogP contribution in [0, 0.1) is 5.41 Å². The second kappa shape index (κ2) is 7.85. The Labute approximate surface area is 138 Å². The van der Waals surface area contributed by atoms with E-state index in [-0.39, 0.29) is 24.7 Å². The Bertz CT molecular complexity index is 558. The van der Waals surface area contributed by atoms with Crippen LogP contribution in [-0.4, -0.2) is 38.4 Å². The van der Waals surface area contributed by atoms with E-state index >= 15 is 0 Å². The molecule has 0 bridgehead atoms. The molecular weight excluding hydrogens is 325 g/mol. The zero-order valence-electron chi connectivity index (χ0n) is 13.2. The van der Waals surface area contributed by atoms with Gasteiger partial charge in [-0.2, -0.15) is 13.2 Å². The first-order valence-corrected chi connectivity index (χ1v) is 7.69. The Morgan fingerprint density at radius 2 is 2.04 bits per heavy atom. The zero-order valence-corrected chi connectivity index (χ0v) is 13.2. The number of hydrogen-bond acceptors (Lipinski definition) is 4. The summed E-state index contributed by atoms with van der Waals surface area (Å²) < 4.78 is 46.5. The highest BCUT2D eigenvalue weighted by atomic mass is 19.4. The molecule has 3 N–H and O–H groups in total. The van der Waals surface area contributed by atoms with Gasteiger partial charge in [-0.25, -0.2) is 0 Å². The molecule has 0 spiro atoms. The molecule has 1 heterocycles. The van der Waals surface area contributed by atoms with Crippen LogP contribution >= 0.6 is 0 Å². The fraction of sp³-hybridized carbons (Fsp3) is 0.562. The number of amides is 1. The molecular formula is C16H21F3N2O3. The fourth-order valence-corrected chi connectivity index (χ4v) is 2.57. The minimum Gasteiger partial charge on any atom is -0.484 e. The van der Waals surface area contributed by atoms with Crippen molar-refractivity contribution >= 4 is 5.91 Å². The van der Waals surface area contributed by atoms with Crippen LogP contribution in [0.15, 0.2) is 24.3 Å². The van der Waals surface area contributed by atoms with Crippen LogP contribution in [0.25, 0.3) is 0 Å². The van der Waals surface area contributed by atoms with Gasteiger partial charge in [0.2, 0.25) is 5.91 Å². The number of ether oxygens (including phenoxy) is 2. The van der Waals surface area contributed by atoms with E-state index < -0.39 is 18.2 Å². The number of halogens is 3. The lowest BCUT2D eigenvalue weighted by molar-refractivity contribution is -0.153. The van der Waals surface area contributed by atoms with Crippen molar-refractivity contribution in [3.8, 4) is 5.75 Å². The normalized spacial score (nSPS) is 17.3. The van der Waals surface area contributed by atoms with Crippen LogP contribution in [0.4, 0.5) is 13.2 Å². The van der Waals surface area contributed by atoms with Gasteiger partial charge in [0.15, 0.2) is 6.61 Å². The first-order chi connectivity index (χ1) is 11.3. The van der Waals surface area contributed by atoms with Crippen LogP contribution in [0.5, 0.6) is 5.75 Å². The lowest BCUT2D eigenvalue weighted by Crippen LogP contribution is -2.48. The molecule has 2 rings (SSSR count). The third-order valence-electron chi connectivity index (χ3n) is 4.08. The third-order valence-corrected chi connectivity index (χ3v) is 4.08. The van der Waals surface area contributed by atoms with Crippen molar-refractivity contribution in [3.05, 3.63) is 29.8 Å². The molecule has 134 valence electrons. The van der Waals surface area contributed by atoms with E-state index in [1.54, 1.807) is 12.1 Å². The summed E-state index contributed by atoms with van der Waals surface area (Å²) in [5.41, 5.74) is 5.79. The summed E-state index contributed by atoms with van der Waals surface area (Å²) in [6, 6.07) is 6.21. The minimum atomic E-state index is -4.39. The molecule has 1 aromatic rings. The number of nitrogens with one attached hydrogen (secondary N) is 1. The van der Waals surface area contributed by atoms with Crippen molar-refractivity contribution in [1.29, 1.82) is 0 Å². The summed E-state index contributed by atoms with van der Waals surface area (Å²) in [5.74, 6) is -0.0476. The average molecular weight is 346 g/mol. The standard InChI is InChI=1S/C16H21F3N2O3/c17-16(18,19)11-24-13-3-1-2-12(8-13)9-21-14(22)15(10-20)4-6-23-7-5-15/h1-3,8H,4-7,9-11,20H2,(H,21,22). The topological polar surface area (TPSA) is 73.6 Å². The molecule has 1 saturated heterocycles. The van der Waals surface area contributed by atoms with Gasteiger partial charge >= 0.3 is 6.18 Å². The van der Waals surface area contributed by atoms with Crippen molar-refractivity contribution in [2.45, 2.75) is 25.6 Å². The number of nitrogens with two attached hydrogens (primary N) is 1. The summed E-state index contributed by atoms with van der Waals surface area (Å²) in [5, 5.41) is 2.81. The van der Waals surface area contributed by atoms with E-state index in [9.17, 15) is 18.0 Å². The first-order valence-electron chi connectivity index (χ1n) is 7.69. The van der Waals surface area contributed by atoms with Crippen LogP contribution < -0.4 is 15.8 Å². The molecule has 0 saturated carbocycles. The van der Waals surface area contributed by atoms with Crippen LogP contribution in [-0.2, 0) is 16.1 Å². The third kappa shape index (κ3) is 5.10. The van der Waals surface area contributed by atoms with Gasteiger partial charge in [-0.3, -0.25) is 4.79 Å². The predicted molar refractivity (Wildman–Crippen MR) is 81.4 cm³/mol. The number of alkyl halides is 3. The fourth-order valence-electron chi connectivity index (χ4n) is 2.57. The molecule has 1 aromatic carbocycles. The summed E-state index contributed by atoms with van der Waals surface area (Å²) in [7, 11) is 0. The van der Waals surface area contributed by atoms with E-state index in [0.29, 0.717) is 31.6 Å². The predicted octanol–water partition coefficient (Wildman–Crippen LogP) is 2.00. The highest BCUT2D eigenvalue weighted by Crippen LogP contribution is 2.29. The van der Waals surface area contributed by atoms with Gasteiger partial charge in [0, 0.05) is 26.3 Å². The van der Waals surface area contributed by atoms with Crippen molar-refractivity contribution in [3.63, 3.8) is 0 Å². The van der Waals surface area contributed by atoms with Gasteiger partial charge in [0.05, 0.1) is 5.41 Å². The largest absolute Gasteiger partial charge is 0.484 e. The summed E-state index contributed by atoms with van der Waals surface area (Å²) in [6.45, 7) is 0.0669. The molecule has 0 aliphatic carbocycles.